The van der Waals surface area contributed by atoms with Crippen molar-refractivity contribution >= 4 is 11.8 Å². The molecule has 0 aliphatic heterocycles. The summed E-state index contributed by atoms with van der Waals surface area (Å²) in [6.45, 7) is 1.61. The fourth-order valence-electron chi connectivity index (χ4n) is 0.966. The van der Waals surface area contributed by atoms with Crippen molar-refractivity contribution in [3.05, 3.63) is 18.1 Å². The number of ether oxygens (including phenoxy) is 1. The van der Waals surface area contributed by atoms with E-state index in [0.717, 1.165) is 0 Å². The van der Waals surface area contributed by atoms with E-state index in [9.17, 15) is 4.79 Å². The average Bonchev–Trinajstić information content (AvgIpc) is 2.28. The zero-order chi connectivity index (χ0) is 11.3. The number of anilines is 1. The predicted octanol–water partition coefficient (Wildman–Crippen LogP) is 0.322. The molecule has 1 rings (SSSR count). The van der Waals surface area contributed by atoms with Crippen LogP contribution < -0.4 is 5.32 Å². The minimum Gasteiger partial charge on any atom is -0.467 e. The number of nitriles is 1. The lowest BCUT2D eigenvalue weighted by Crippen LogP contribution is -2.28. The van der Waals surface area contributed by atoms with Gasteiger partial charge in [0.25, 0.3) is 0 Å². The molecule has 6 nitrogen and oxygen atoms in total. The molecule has 15 heavy (non-hydrogen) atoms. The van der Waals surface area contributed by atoms with Crippen molar-refractivity contribution in [1.29, 1.82) is 5.26 Å². The van der Waals surface area contributed by atoms with Gasteiger partial charge < -0.3 is 10.1 Å². The minimum absolute atomic E-state index is 0.147. The molecule has 0 aliphatic rings. The number of carbonyl (C=O) groups excluding carboxylic acids is 1. The van der Waals surface area contributed by atoms with Crippen LogP contribution in [-0.4, -0.2) is 29.1 Å². The summed E-state index contributed by atoms with van der Waals surface area (Å²) < 4.78 is 4.53. The van der Waals surface area contributed by atoms with E-state index in [-0.39, 0.29) is 11.5 Å². The molecule has 78 valence electrons. The van der Waals surface area contributed by atoms with E-state index in [2.05, 4.69) is 20.0 Å². The van der Waals surface area contributed by atoms with Crippen molar-refractivity contribution in [2.24, 2.45) is 0 Å². The van der Waals surface area contributed by atoms with Crippen LogP contribution in [0.1, 0.15) is 12.6 Å². The molecule has 0 aromatic carbocycles. The van der Waals surface area contributed by atoms with Gasteiger partial charge in [-0.05, 0) is 6.92 Å². The summed E-state index contributed by atoms with van der Waals surface area (Å²) in [6.07, 6.45) is 2.85. The van der Waals surface area contributed by atoms with Crippen molar-refractivity contribution in [3.8, 4) is 6.07 Å². The first kappa shape index (κ1) is 10.9. The van der Waals surface area contributed by atoms with E-state index in [0.29, 0.717) is 0 Å². The minimum atomic E-state index is -0.571. The topological polar surface area (TPSA) is 87.9 Å². The Bertz CT molecular complexity index is 399. The molecule has 1 aromatic rings. The van der Waals surface area contributed by atoms with Gasteiger partial charge in [-0.3, -0.25) is 0 Å². The lowest BCUT2D eigenvalue weighted by molar-refractivity contribution is -0.141. The molecule has 0 saturated carbocycles. The third-order valence-corrected chi connectivity index (χ3v) is 1.71. The molecule has 0 radical (unpaired) electrons. The highest BCUT2D eigenvalue weighted by Crippen LogP contribution is 2.08. The van der Waals surface area contributed by atoms with E-state index in [1.54, 1.807) is 6.92 Å². The highest BCUT2D eigenvalue weighted by atomic mass is 16.5. The van der Waals surface area contributed by atoms with Crippen LogP contribution in [0.25, 0.3) is 0 Å². The Kier molecular flexibility index (Phi) is 3.57. The van der Waals surface area contributed by atoms with E-state index in [1.807, 2.05) is 6.07 Å². The van der Waals surface area contributed by atoms with Gasteiger partial charge in [0.1, 0.15) is 12.1 Å². The quantitative estimate of drug-likeness (QED) is 0.716. The number of hydrogen-bond donors (Lipinski definition) is 1. The highest BCUT2D eigenvalue weighted by molar-refractivity contribution is 5.78. The lowest BCUT2D eigenvalue weighted by atomic mass is 10.3. The van der Waals surface area contributed by atoms with Crippen LogP contribution in [0.5, 0.6) is 0 Å². The molecule has 0 bridgehead atoms. The SMILES string of the molecule is COC(=O)C(C)Nc1nccnc1C#N. The van der Waals surface area contributed by atoms with Crippen LogP contribution in [0.3, 0.4) is 0 Å². The first-order valence-corrected chi connectivity index (χ1v) is 4.24. The van der Waals surface area contributed by atoms with Crippen molar-refractivity contribution < 1.29 is 9.53 Å². The Morgan fingerprint density at radius 1 is 1.60 bits per heavy atom. The second-order valence-corrected chi connectivity index (χ2v) is 2.75. The summed E-state index contributed by atoms with van der Waals surface area (Å²) in [6, 6.07) is 1.30. The number of rotatable bonds is 3. The second kappa shape index (κ2) is 4.91. The van der Waals surface area contributed by atoms with Gasteiger partial charge in [-0.2, -0.15) is 5.26 Å². The Labute approximate surface area is 86.9 Å². The highest BCUT2D eigenvalue weighted by Gasteiger charge is 2.15. The van der Waals surface area contributed by atoms with E-state index < -0.39 is 12.0 Å². The van der Waals surface area contributed by atoms with Gasteiger partial charge in [0, 0.05) is 12.4 Å². The summed E-state index contributed by atoms with van der Waals surface area (Å²) in [4.78, 5) is 18.8. The van der Waals surface area contributed by atoms with Crippen LogP contribution >= 0.6 is 0 Å². The molecule has 0 fully saturated rings. The maximum Gasteiger partial charge on any atom is 0.328 e. The molecule has 1 N–H and O–H groups in total. The van der Waals surface area contributed by atoms with Gasteiger partial charge >= 0.3 is 5.97 Å². The van der Waals surface area contributed by atoms with Crippen LogP contribution in [0.2, 0.25) is 0 Å². The average molecular weight is 206 g/mol. The molecule has 1 heterocycles. The Hall–Kier alpha value is -2.16. The van der Waals surface area contributed by atoms with Crippen molar-refractivity contribution in [2.75, 3.05) is 12.4 Å². The fourth-order valence-corrected chi connectivity index (χ4v) is 0.966. The van der Waals surface area contributed by atoms with Gasteiger partial charge in [0.05, 0.1) is 7.11 Å². The molecule has 0 saturated heterocycles. The molecule has 1 aromatic heterocycles. The van der Waals surface area contributed by atoms with Gasteiger partial charge in [0.15, 0.2) is 11.5 Å². The summed E-state index contributed by atoms with van der Waals surface area (Å²) in [7, 11) is 1.29. The molecule has 1 atom stereocenters. The molecule has 6 heteroatoms. The molecule has 0 spiro atoms. The first-order chi connectivity index (χ1) is 7.19. The molecular formula is C9H10N4O2. The van der Waals surface area contributed by atoms with Gasteiger partial charge in [-0.15, -0.1) is 0 Å². The van der Waals surface area contributed by atoms with Gasteiger partial charge in [-0.25, -0.2) is 14.8 Å². The number of nitrogens with one attached hydrogen (secondary N) is 1. The van der Waals surface area contributed by atoms with Gasteiger partial charge in [-0.1, -0.05) is 0 Å². The van der Waals surface area contributed by atoms with E-state index in [1.165, 1.54) is 19.5 Å². The monoisotopic (exact) mass is 206 g/mol. The molecule has 1 unspecified atom stereocenters. The van der Waals surface area contributed by atoms with E-state index in [4.69, 9.17) is 5.26 Å². The van der Waals surface area contributed by atoms with Crippen LogP contribution in [0.15, 0.2) is 12.4 Å². The summed E-state index contributed by atoms with van der Waals surface area (Å²) in [5.74, 6) is -0.151. The van der Waals surface area contributed by atoms with E-state index >= 15 is 0 Å². The molecule has 0 aliphatic carbocycles. The number of aromatic nitrogens is 2. The number of nitrogens with zero attached hydrogens (tertiary/aromatic N) is 3. The summed E-state index contributed by atoms with van der Waals surface area (Å²) in [5.41, 5.74) is 0.147. The number of carbonyl (C=O) groups is 1. The Balaban J connectivity index is 2.81. The van der Waals surface area contributed by atoms with Crippen LogP contribution in [-0.2, 0) is 9.53 Å². The number of methoxy groups -OCH3 is 1. The van der Waals surface area contributed by atoms with Crippen LogP contribution in [0, 0.1) is 11.3 Å². The Morgan fingerprint density at radius 2 is 2.27 bits per heavy atom. The third kappa shape index (κ3) is 2.64. The molecule has 0 amide bonds. The smallest absolute Gasteiger partial charge is 0.328 e. The number of hydrogen-bond acceptors (Lipinski definition) is 6. The van der Waals surface area contributed by atoms with Crippen LogP contribution in [0.4, 0.5) is 5.82 Å². The zero-order valence-electron chi connectivity index (χ0n) is 8.39. The Morgan fingerprint density at radius 3 is 2.87 bits per heavy atom. The predicted molar refractivity (Wildman–Crippen MR) is 51.8 cm³/mol. The van der Waals surface area contributed by atoms with Crippen molar-refractivity contribution in [2.45, 2.75) is 13.0 Å². The second-order valence-electron chi connectivity index (χ2n) is 2.75. The summed E-state index contributed by atoms with van der Waals surface area (Å²) >= 11 is 0. The van der Waals surface area contributed by atoms with Crippen molar-refractivity contribution in [1.82, 2.24) is 9.97 Å². The maximum absolute atomic E-state index is 11.1. The number of esters is 1. The van der Waals surface area contributed by atoms with Crippen molar-refractivity contribution in [3.63, 3.8) is 0 Å². The third-order valence-electron chi connectivity index (χ3n) is 1.71. The normalized spacial score (nSPS) is 11.3. The largest absolute Gasteiger partial charge is 0.467 e. The molecular weight excluding hydrogens is 196 g/mol. The standard InChI is InChI=1S/C9H10N4O2/c1-6(9(14)15-2)13-8-7(5-10)11-3-4-12-8/h3-4,6H,1-2H3,(H,12,13). The summed E-state index contributed by atoms with van der Waals surface area (Å²) in [5, 5.41) is 11.5. The first-order valence-electron chi connectivity index (χ1n) is 4.24. The maximum atomic E-state index is 11.1. The van der Waals surface area contributed by atoms with Gasteiger partial charge in [0.2, 0.25) is 0 Å². The zero-order valence-corrected chi connectivity index (χ0v) is 8.39. The fraction of sp³-hybridized carbons (Fsp3) is 0.333. The lowest BCUT2D eigenvalue weighted by Gasteiger charge is -2.11.